The van der Waals surface area contributed by atoms with Crippen molar-refractivity contribution in [2.45, 2.75) is 13.8 Å². The first-order valence-electron chi connectivity index (χ1n) is 9.15. The maximum atomic E-state index is 13.2. The van der Waals surface area contributed by atoms with Crippen molar-refractivity contribution in [1.29, 1.82) is 0 Å². The minimum Gasteiger partial charge on any atom is -0.298 e. The van der Waals surface area contributed by atoms with Crippen LogP contribution in [-0.4, -0.2) is 26.7 Å². The molecule has 30 heavy (non-hydrogen) atoms. The average molecular weight is 437 g/mol. The lowest BCUT2D eigenvalue weighted by atomic mass is 10.1. The van der Waals surface area contributed by atoms with Gasteiger partial charge >= 0.3 is 0 Å². The molecule has 3 aromatic rings. The molecule has 2 amide bonds. The van der Waals surface area contributed by atoms with Crippen molar-refractivity contribution in [1.82, 2.24) is 15.1 Å². The van der Waals surface area contributed by atoms with Gasteiger partial charge in [0, 0.05) is 16.3 Å². The van der Waals surface area contributed by atoms with Gasteiger partial charge in [0.15, 0.2) is 5.11 Å². The standard InChI is InChI=1S/C22H17ClN4O2S/c1-13-18(14(2)27(25-13)17-6-4-3-5-7-17)12-19-20(28)24-22(30)26(21(19)29)16-10-8-15(23)9-11-16/h3-12H,1-2H3,(H,24,28,30)/b19-12+. The number of aromatic nitrogens is 2. The van der Waals surface area contributed by atoms with Gasteiger partial charge in [-0.25, -0.2) is 4.68 Å². The van der Waals surface area contributed by atoms with E-state index >= 15 is 0 Å². The van der Waals surface area contributed by atoms with Crippen molar-refractivity contribution in [3.8, 4) is 5.69 Å². The largest absolute Gasteiger partial charge is 0.298 e. The Balaban J connectivity index is 1.77. The Morgan fingerprint density at radius 3 is 2.33 bits per heavy atom. The SMILES string of the molecule is Cc1nn(-c2ccccc2)c(C)c1/C=C1\C(=O)NC(=S)N(c2ccc(Cl)cc2)C1=O. The zero-order chi connectivity index (χ0) is 21.4. The third kappa shape index (κ3) is 3.53. The number of rotatable bonds is 3. The molecule has 1 N–H and O–H groups in total. The van der Waals surface area contributed by atoms with E-state index in [4.69, 9.17) is 23.8 Å². The lowest BCUT2D eigenvalue weighted by molar-refractivity contribution is -0.122. The third-order valence-electron chi connectivity index (χ3n) is 4.82. The molecule has 0 bridgehead atoms. The van der Waals surface area contributed by atoms with Crippen LogP contribution in [0.3, 0.4) is 0 Å². The molecule has 0 spiro atoms. The molecule has 1 saturated heterocycles. The van der Waals surface area contributed by atoms with Gasteiger partial charge in [-0.3, -0.25) is 19.8 Å². The van der Waals surface area contributed by atoms with Gasteiger partial charge in [-0.15, -0.1) is 0 Å². The van der Waals surface area contributed by atoms with E-state index < -0.39 is 11.8 Å². The summed E-state index contributed by atoms with van der Waals surface area (Å²) in [6, 6.07) is 16.3. The Bertz CT molecular complexity index is 1200. The Hall–Kier alpha value is -3.29. The highest BCUT2D eigenvalue weighted by atomic mass is 35.5. The Kier molecular flexibility index (Phi) is 5.24. The Morgan fingerprint density at radius 1 is 1.00 bits per heavy atom. The number of amides is 2. The monoisotopic (exact) mass is 436 g/mol. The molecule has 8 heteroatoms. The molecule has 0 radical (unpaired) electrons. The molecule has 0 atom stereocenters. The number of anilines is 1. The van der Waals surface area contributed by atoms with E-state index in [2.05, 4.69) is 10.4 Å². The predicted octanol–water partition coefficient (Wildman–Crippen LogP) is 3.97. The normalized spacial score (nSPS) is 15.6. The Morgan fingerprint density at radius 2 is 1.67 bits per heavy atom. The van der Waals surface area contributed by atoms with Gasteiger partial charge in [-0.2, -0.15) is 5.10 Å². The van der Waals surface area contributed by atoms with Crippen molar-refractivity contribution >= 4 is 52.5 Å². The summed E-state index contributed by atoms with van der Waals surface area (Å²) in [5, 5.41) is 7.72. The molecule has 6 nitrogen and oxygen atoms in total. The van der Waals surface area contributed by atoms with E-state index in [1.807, 2.05) is 44.2 Å². The maximum Gasteiger partial charge on any atom is 0.270 e. The van der Waals surface area contributed by atoms with Crippen LogP contribution in [0, 0.1) is 13.8 Å². The molecule has 1 aromatic heterocycles. The smallest absolute Gasteiger partial charge is 0.270 e. The molecule has 0 unspecified atom stereocenters. The van der Waals surface area contributed by atoms with E-state index in [9.17, 15) is 9.59 Å². The predicted molar refractivity (Wildman–Crippen MR) is 121 cm³/mol. The summed E-state index contributed by atoms with van der Waals surface area (Å²) in [7, 11) is 0. The average Bonchev–Trinajstić information content (AvgIpc) is 3.01. The molecule has 0 saturated carbocycles. The zero-order valence-corrected chi connectivity index (χ0v) is 17.8. The van der Waals surface area contributed by atoms with Crippen molar-refractivity contribution in [3.05, 3.63) is 82.1 Å². The van der Waals surface area contributed by atoms with Crippen LogP contribution in [0.2, 0.25) is 5.02 Å². The van der Waals surface area contributed by atoms with Crippen molar-refractivity contribution < 1.29 is 9.59 Å². The van der Waals surface area contributed by atoms with E-state index in [0.717, 1.165) is 11.4 Å². The number of thiocarbonyl (C=S) groups is 1. The second-order valence-electron chi connectivity index (χ2n) is 6.77. The maximum absolute atomic E-state index is 13.2. The zero-order valence-electron chi connectivity index (χ0n) is 16.2. The van der Waals surface area contributed by atoms with Gasteiger partial charge in [-0.05, 0) is 68.5 Å². The number of nitrogens with zero attached hydrogens (tertiary/aromatic N) is 3. The van der Waals surface area contributed by atoms with Crippen LogP contribution in [0.25, 0.3) is 11.8 Å². The second kappa shape index (κ2) is 7.85. The fourth-order valence-corrected chi connectivity index (χ4v) is 3.72. The molecule has 1 aliphatic rings. The van der Waals surface area contributed by atoms with Gasteiger partial charge in [0.2, 0.25) is 0 Å². The first-order valence-corrected chi connectivity index (χ1v) is 9.94. The number of nitrogens with one attached hydrogen (secondary N) is 1. The number of para-hydroxylation sites is 1. The molecular formula is C22H17ClN4O2S. The van der Waals surface area contributed by atoms with Crippen molar-refractivity contribution in [2.24, 2.45) is 0 Å². The fourth-order valence-electron chi connectivity index (χ4n) is 3.31. The van der Waals surface area contributed by atoms with Gasteiger partial charge in [0.05, 0.1) is 17.1 Å². The van der Waals surface area contributed by atoms with Crippen LogP contribution < -0.4 is 10.2 Å². The van der Waals surface area contributed by atoms with E-state index in [1.165, 1.54) is 4.90 Å². The summed E-state index contributed by atoms with van der Waals surface area (Å²) in [6.45, 7) is 3.73. The number of carbonyl (C=O) groups is 2. The number of benzene rings is 2. The quantitative estimate of drug-likeness (QED) is 0.383. The Labute approximate surface area is 183 Å². The van der Waals surface area contributed by atoms with E-state index in [1.54, 1.807) is 35.0 Å². The minimum absolute atomic E-state index is 0.0163. The molecule has 1 aliphatic heterocycles. The number of hydrogen-bond acceptors (Lipinski definition) is 4. The highest BCUT2D eigenvalue weighted by Gasteiger charge is 2.35. The minimum atomic E-state index is -0.540. The van der Waals surface area contributed by atoms with Gasteiger partial charge < -0.3 is 0 Å². The second-order valence-corrected chi connectivity index (χ2v) is 7.59. The summed E-state index contributed by atoms with van der Waals surface area (Å²) >= 11 is 11.2. The van der Waals surface area contributed by atoms with E-state index in [-0.39, 0.29) is 10.7 Å². The van der Waals surface area contributed by atoms with Gasteiger partial charge in [0.1, 0.15) is 5.57 Å². The molecule has 2 aromatic carbocycles. The lowest BCUT2D eigenvalue weighted by Crippen LogP contribution is -2.54. The molecule has 0 aliphatic carbocycles. The van der Waals surface area contributed by atoms with Crippen molar-refractivity contribution in [3.63, 3.8) is 0 Å². The summed E-state index contributed by atoms with van der Waals surface area (Å²) in [5.74, 6) is -1.04. The van der Waals surface area contributed by atoms with Crippen LogP contribution in [0.1, 0.15) is 17.0 Å². The topological polar surface area (TPSA) is 67.2 Å². The molecule has 150 valence electrons. The molecular weight excluding hydrogens is 420 g/mol. The van der Waals surface area contributed by atoms with Crippen molar-refractivity contribution in [2.75, 3.05) is 4.90 Å². The molecule has 2 heterocycles. The van der Waals surface area contributed by atoms with Crippen LogP contribution in [0.15, 0.2) is 60.2 Å². The highest BCUT2D eigenvalue weighted by Crippen LogP contribution is 2.26. The van der Waals surface area contributed by atoms with Crippen LogP contribution in [0.4, 0.5) is 5.69 Å². The third-order valence-corrected chi connectivity index (χ3v) is 5.36. The summed E-state index contributed by atoms with van der Waals surface area (Å²) in [5.41, 5.74) is 3.63. The summed E-state index contributed by atoms with van der Waals surface area (Å²) in [4.78, 5) is 27.1. The summed E-state index contributed by atoms with van der Waals surface area (Å²) < 4.78 is 1.79. The first-order chi connectivity index (χ1) is 14.4. The van der Waals surface area contributed by atoms with Crippen LogP contribution >= 0.6 is 23.8 Å². The van der Waals surface area contributed by atoms with Crippen LogP contribution in [0.5, 0.6) is 0 Å². The summed E-state index contributed by atoms with van der Waals surface area (Å²) in [6.07, 6.45) is 1.57. The number of hydrogen-bond donors (Lipinski definition) is 1. The number of carbonyl (C=O) groups excluding carboxylic acids is 2. The first kappa shape index (κ1) is 20.0. The fraction of sp³-hybridized carbons (Fsp3) is 0.0909. The number of aryl methyl sites for hydroxylation is 1. The molecule has 4 rings (SSSR count). The van der Waals surface area contributed by atoms with Gasteiger partial charge in [-0.1, -0.05) is 29.8 Å². The van der Waals surface area contributed by atoms with Gasteiger partial charge in [0.25, 0.3) is 11.8 Å². The van der Waals surface area contributed by atoms with Crippen LogP contribution in [-0.2, 0) is 9.59 Å². The number of halogens is 1. The highest BCUT2D eigenvalue weighted by molar-refractivity contribution is 7.80. The lowest BCUT2D eigenvalue weighted by Gasteiger charge is -2.29. The van der Waals surface area contributed by atoms with E-state index in [0.29, 0.717) is 22.0 Å². The molecule has 1 fully saturated rings.